The number of thioether (sulfide) groups is 1. The Bertz CT molecular complexity index is 948. The molecule has 0 aromatic heterocycles. The average Bonchev–Trinajstić information content (AvgIpc) is 2.73. The third-order valence-corrected chi connectivity index (χ3v) is 5.33. The highest BCUT2D eigenvalue weighted by atomic mass is 32.2. The summed E-state index contributed by atoms with van der Waals surface area (Å²) in [5.74, 6) is 0.828. The van der Waals surface area contributed by atoms with E-state index in [4.69, 9.17) is 9.47 Å². The van der Waals surface area contributed by atoms with E-state index >= 15 is 0 Å². The van der Waals surface area contributed by atoms with Gasteiger partial charge in [-0.3, -0.25) is 19.3 Å². The lowest BCUT2D eigenvalue weighted by atomic mass is 10.0. The number of imide groups is 1. The van der Waals surface area contributed by atoms with Gasteiger partial charge in [0.25, 0.3) is 5.91 Å². The summed E-state index contributed by atoms with van der Waals surface area (Å²) in [6.45, 7) is 5.46. The molecule has 0 saturated heterocycles. The molecule has 2 rings (SSSR count). The molecule has 166 valence electrons. The smallest absolute Gasteiger partial charge is 0.263 e. The Balaban J connectivity index is 2.53. The monoisotopic (exact) mass is 444 g/mol. The zero-order chi connectivity index (χ0) is 23.0. The van der Waals surface area contributed by atoms with Crippen molar-refractivity contribution < 1.29 is 23.9 Å². The molecule has 0 bridgehead atoms. The van der Waals surface area contributed by atoms with Crippen molar-refractivity contribution in [2.75, 3.05) is 31.0 Å². The molecule has 0 fully saturated rings. The van der Waals surface area contributed by atoms with E-state index in [0.29, 0.717) is 41.5 Å². The van der Waals surface area contributed by atoms with Gasteiger partial charge >= 0.3 is 0 Å². The molecule has 0 saturated carbocycles. The Kier molecular flexibility index (Phi) is 8.93. The van der Waals surface area contributed by atoms with Crippen molar-refractivity contribution >= 4 is 35.7 Å². The first-order valence-electron chi connectivity index (χ1n) is 9.82. The molecular weight excluding hydrogens is 416 g/mol. The number of ether oxygens (including phenoxy) is 2. The van der Waals surface area contributed by atoms with Crippen LogP contribution in [-0.2, 0) is 9.59 Å². The predicted octanol–water partition coefficient (Wildman–Crippen LogP) is 4.06. The molecule has 0 aliphatic heterocycles. The lowest BCUT2D eigenvalue weighted by molar-refractivity contribution is -0.117. The maximum Gasteiger partial charge on any atom is 0.263 e. The predicted molar refractivity (Wildman–Crippen MR) is 123 cm³/mol. The second-order valence-corrected chi connectivity index (χ2v) is 7.72. The van der Waals surface area contributed by atoms with Gasteiger partial charge < -0.3 is 14.8 Å². The maximum atomic E-state index is 13.5. The summed E-state index contributed by atoms with van der Waals surface area (Å²) < 4.78 is 11.0. The molecule has 3 amide bonds. The van der Waals surface area contributed by atoms with E-state index in [9.17, 15) is 14.4 Å². The van der Waals surface area contributed by atoms with Crippen LogP contribution in [0.4, 0.5) is 5.69 Å². The zero-order valence-electron chi connectivity index (χ0n) is 18.4. The third kappa shape index (κ3) is 5.79. The van der Waals surface area contributed by atoms with Crippen LogP contribution in [0.3, 0.4) is 0 Å². The summed E-state index contributed by atoms with van der Waals surface area (Å²) in [7, 11) is 1.56. The van der Waals surface area contributed by atoms with Crippen molar-refractivity contribution in [3.05, 3.63) is 53.1 Å². The Morgan fingerprint density at radius 2 is 1.97 bits per heavy atom. The van der Waals surface area contributed by atoms with E-state index in [0.717, 1.165) is 5.56 Å². The molecule has 8 heteroatoms. The van der Waals surface area contributed by atoms with Gasteiger partial charge in [-0.25, -0.2) is 0 Å². The Labute approximate surface area is 187 Å². The zero-order valence-corrected chi connectivity index (χ0v) is 19.2. The van der Waals surface area contributed by atoms with E-state index in [1.54, 1.807) is 44.4 Å². The average molecular weight is 445 g/mol. The minimum Gasteiger partial charge on any atom is -0.493 e. The third-order valence-electron chi connectivity index (χ3n) is 4.68. The fourth-order valence-electron chi connectivity index (χ4n) is 3.30. The van der Waals surface area contributed by atoms with E-state index in [-0.39, 0.29) is 11.5 Å². The van der Waals surface area contributed by atoms with Crippen LogP contribution in [0.5, 0.6) is 11.5 Å². The van der Waals surface area contributed by atoms with Crippen molar-refractivity contribution in [1.82, 2.24) is 4.90 Å². The van der Waals surface area contributed by atoms with Crippen LogP contribution in [0.2, 0.25) is 0 Å². The molecule has 1 unspecified atom stereocenters. The molecule has 2 aromatic carbocycles. The number of methoxy groups -OCH3 is 1. The highest BCUT2D eigenvalue weighted by Gasteiger charge is 2.29. The summed E-state index contributed by atoms with van der Waals surface area (Å²) in [6.07, 6.45) is 2.45. The number of carbonyl (C=O) groups is 3. The molecule has 0 aliphatic carbocycles. The summed E-state index contributed by atoms with van der Waals surface area (Å²) in [4.78, 5) is 38.4. The molecule has 0 heterocycles. The lowest BCUT2D eigenvalue weighted by Crippen LogP contribution is -2.36. The fraction of sp³-hybridized carbons (Fsp3) is 0.348. The van der Waals surface area contributed by atoms with Gasteiger partial charge in [-0.1, -0.05) is 18.2 Å². The van der Waals surface area contributed by atoms with Gasteiger partial charge in [0.2, 0.25) is 12.3 Å². The quantitative estimate of drug-likeness (QED) is 0.556. The van der Waals surface area contributed by atoms with Crippen molar-refractivity contribution in [2.24, 2.45) is 0 Å². The van der Waals surface area contributed by atoms with Crippen LogP contribution in [0.1, 0.15) is 41.4 Å². The largest absolute Gasteiger partial charge is 0.493 e. The van der Waals surface area contributed by atoms with E-state index in [1.807, 2.05) is 19.2 Å². The SMILES string of the molecule is CCOc1cc(C(CSC)N(C=O)C(=O)c2c(C)cccc2NC(C)=O)ccc1OC. The van der Waals surface area contributed by atoms with Gasteiger partial charge in [-0.15, -0.1) is 0 Å². The molecule has 2 aromatic rings. The Hall–Kier alpha value is -3.00. The number of benzene rings is 2. The summed E-state index contributed by atoms with van der Waals surface area (Å²) >= 11 is 1.51. The van der Waals surface area contributed by atoms with Crippen LogP contribution in [-0.4, -0.2) is 48.8 Å². The van der Waals surface area contributed by atoms with Crippen LogP contribution in [0.15, 0.2) is 36.4 Å². The van der Waals surface area contributed by atoms with Crippen LogP contribution >= 0.6 is 11.8 Å². The Morgan fingerprint density at radius 1 is 1.23 bits per heavy atom. The molecule has 0 radical (unpaired) electrons. The number of nitrogens with one attached hydrogen (secondary N) is 1. The van der Waals surface area contributed by atoms with Gasteiger partial charge in [0.15, 0.2) is 11.5 Å². The normalized spacial score (nSPS) is 11.4. The molecule has 0 aliphatic rings. The molecule has 7 nitrogen and oxygen atoms in total. The summed E-state index contributed by atoms with van der Waals surface area (Å²) in [5, 5.41) is 2.68. The highest BCUT2D eigenvalue weighted by molar-refractivity contribution is 7.98. The number of aryl methyl sites for hydroxylation is 1. The van der Waals surface area contributed by atoms with E-state index < -0.39 is 11.9 Å². The standard InChI is InChI=1S/C23H28N2O5S/c1-6-30-21-12-17(10-11-20(21)29-4)19(13-31-5)25(14-26)23(28)22-15(2)8-7-9-18(22)24-16(3)27/h7-12,14,19H,6,13H2,1-5H3,(H,24,27). The number of rotatable bonds is 10. The summed E-state index contributed by atoms with van der Waals surface area (Å²) in [5.41, 5.74) is 2.07. The number of hydrogen-bond donors (Lipinski definition) is 1. The number of carbonyl (C=O) groups excluding carboxylic acids is 3. The topological polar surface area (TPSA) is 84.9 Å². The molecule has 1 N–H and O–H groups in total. The molecule has 0 spiro atoms. The lowest BCUT2D eigenvalue weighted by Gasteiger charge is -2.28. The van der Waals surface area contributed by atoms with Crippen LogP contribution < -0.4 is 14.8 Å². The minimum absolute atomic E-state index is 0.287. The molecular formula is C23H28N2O5S. The number of hydrogen-bond acceptors (Lipinski definition) is 6. The first-order valence-corrected chi connectivity index (χ1v) is 11.2. The number of amides is 3. The van der Waals surface area contributed by atoms with Crippen LogP contribution in [0.25, 0.3) is 0 Å². The van der Waals surface area contributed by atoms with Gasteiger partial charge in [0.1, 0.15) is 0 Å². The van der Waals surface area contributed by atoms with E-state index in [1.165, 1.54) is 23.6 Å². The first-order chi connectivity index (χ1) is 14.9. The summed E-state index contributed by atoms with van der Waals surface area (Å²) in [6, 6.07) is 10.0. The second kappa shape index (κ2) is 11.4. The van der Waals surface area contributed by atoms with Crippen LogP contribution in [0, 0.1) is 6.92 Å². The van der Waals surface area contributed by atoms with Crippen molar-refractivity contribution in [2.45, 2.75) is 26.8 Å². The number of anilines is 1. The molecule has 1 atom stereocenters. The second-order valence-electron chi connectivity index (χ2n) is 6.81. The minimum atomic E-state index is -0.533. The van der Waals surface area contributed by atoms with Gasteiger partial charge in [-0.05, 0) is 49.4 Å². The van der Waals surface area contributed by atoms with Gasteiger partial charge in [0, 0.05) is 12.7 Å². The van der Waals surface area contributed by atoms with Gasteiger partial charge in [0.05, 0.1) is 31.0 Å². The van der Waals surface area contributed by atoms with E-state index in [2.05, 4.69) is 5.32 Å². The van der Waals surface area contributed by atoms with Crippen molar-refractivity contribution in [3.8, 4) is 11.5 Å². The van der Waals surface area contributed by atoms with Gasteiger partial charge in [-0.2, -0.15) is 11.8 Å². The number of nitrogens with zero attached hydrogens (tertiary/aromatic N) is 1. The highest BCUT2D eigenvalue weighted by Crippen LogP contribution is 2.34. The first kappa shape index (κ1) is 24.3. The Morgan fingerprint density at radius 3 is 2.55 bits per heavy atom. The van der Waals surface area contributed by atoms with Crippen molar-refractivity contribution in [3.63, 3.8) is 0 Å². The molecule has 31 heavy (non-hydrogen) atoms. The van der Waals surface area contributed by atoms with Crippen molar-refractivity contribution in [1.29, 1.82) is 0 Å². The fourth-order valence-corrected chi connectivity index (χ4v) is 3.97. The maximum absolute atomic E-state index is 13.5.